The van der Waals surface area contributed by atoms with Gasteiger partial charge in [0, 0.05) is 39.3 Å². The Labute approximate surface area is 162 Å². The summed E-state index contributed by atoms with van der Waals surface area (Å²) >= 11 is 0. The summed E-state index contributed by atoms with van der Waals surface area (Å²) in [6.07, 6.45) is 8.04. The van der Waals surface area contributed by atoms with Gasteiger partial charge in [-0.2, -0.15) is 0 Å². The van der Waals surface area contributed by atoms with Crippen LogP contribution in [0.15, 0.2) is 42.0 Å². The molecule has 2 amide bonds. The van der Waals surface area contributed by atoms with Crippen LogP contribution < -0.4 is 5.32 Å². The van der Waals surface area contributed by atoms with Crippen LogP contribution in [-0.4, -0.2) is 54.3 Å². The molecule has 1 fully saturated rings. The lowest BCUT2D eigenvalue weighted by atomic mass is 9.97. The summed E-state index contributed by atoms with van der Waals surface area (Å²) in [5, 5.41) is 2.90. The zero-order valence-corrected chi connectivity index (χ0v) is 16.2. The monoisotopic (exact) mass is 369 g/mol. The van der Waals surface area contributed by atoms with Crippen LogP contribution in [0.25, 0.3) is 0 Å². The molecule has 0 bridgehead atoms. The van der Waals surface area contributed by atoms with Crippen LogP contribution in [0.2, 0.25) is 0 Å². The average Bonchev–Trinajstić information content (AvgIpc) is 2.70. The number of carbonyl (C=O) groups excluding carboxylic acids is 2. The first-order chi connectivity index (χ1) is 13.2. The van der Waals surface area contributed by atoms with Crippen LogP contribution in [0, 0.1) is 0 Å². The number of piperazine rings is 1. The summed E-state index contributed by atoms with van der Waals surface area (Å²) in [4.78, 5) is 28.6. The van der Waals surface area contributed by atoms with Gasteiger partial charge in [0.05, 0.1) is 0 Å². The Kier molecular flexibility index (Phi) is 7.45. The summed E-state index contributed by atoms with van der Waals surface area (Å²) in [6, 6.07) is 10.4. The van der Waals surface area contributed by atoms with E-state index in [0.29, 0.717) is 19.6 Å². The Morgan fingerprint density at radius 1 is 1.00 bits per heavy atom. The lowest BCUT2D eigenvalue weighted by Gasteiger charge is -2.34. The smallest absolute Gasteiger partial charge is 0.232 e. The predicted molar refractivity (Wildman–Crippen MR) is 107 cm³/mol. The Balaban J connectivity index is 1.32. The maximum atomic E-state index is 12.4. The molecule has 5 nitrogen and oxygen atoms in total. The molecule has 3 rings (SSSR count). The molecule has 0 aromatic heterocycles. The van der Waals surface area contributed by atoms with E-state index in [1.165, 1.54) is 24.0 Å². The molecule has 0 spiro atoms. The second kappa shape index (κ2) is 10.3. The van der Waals surface area contributed by atoms with E-state index < -0.39 is 0 Å². The zero-order chi connectivity index (χ0) is 18.9. The number of hydrogen-bond donors (Lipinski definition) is 1. The molecule has 5 heteroatoms. The van der Waals surface area contributed by atoms with Crippen LogP contribution in [0.1, 0.15) is 44.1 Å². The number of nitrogens with one attached hydrogen (secondary N) is 1. The van der Waals surface area contributed by atoms with Crippen molar-refractivity contribution in [2.75, 3.05) is 32.7 Å². The van der Waals surface area contributed by atoms with E-state index in [2.05, 4.69) is 40.6 Å². The summed E-state index contributed by atoms with van der Waals surface area (Å²) < 4.78 is 0. The fourth-order valence-electron chi connectivity index (χ4n) is 3.80. The Bertz CT molecular complexity index is 649. The first kappa shape index (κ1) is 19.6. The highest BCUT2D eigenvalue weighted by atomic mass is 16.2. The lowest BCUT2D eigenvalue weighted by Crippen LogP contribution is -2.49. The zero-order valence-electron chi connectivity index (χ0n) is 16.2. The molecule has 1 aromatic rings. The predicted octanol–water partition coefficient (Wildman–Crippen LogP) is 2.73. The molecular weight excluding hydrogens is 338 g/mol. The van der Waals surface area contributed by atoms with E-state index in [1.54, 1.807) is 0 Å². The van der Waals surface area contributed by atoms with E-state index in [9.17, 15) is 9.59 Å². The third kappa shape index (κ3) is 6.51. The highest BCUT2D eigenvalue weighted by Crippen LogP contribution is 2.19. The van der Waals surface area contributed by atoms with Crippen molar-refractivity contribution in [3.05, 3.63) is 47.5 Å². The molecule has 1 heterocycles. The van der Waals surface area contributed by atoms with E-state index >= 15 is 0 Å². The molecule has 27 heavy (non-hydrogen) atoms. The minimum atomic E-state index is -0.150. The van der Waals surface area contributed by atoms with Crippen LogP contribution in [0.4, 0.5) is 0 Å². The Hall–Kier alpha value is -2.14. The van der Waals surface area contributed by atoms with E-state index in [4.69, 9.17) is 0 Å². The number of carbonyl (C=O) groups is 2. The van der Waals surface area contributed by atoms with E-state index in [0.717, 1.165) is 38.9 Å². The molecular formula is C22H31N3O2. The molecule has 1 saturated heterocycles. The van der Waals surface area contributed by atoms with Crippen molar-refractivity contribution in [3.8, 4) is 0 Å². The third-order valence-electron chi connectivity index (χ3n) is 5.44. The quantitative estimate of drug-likeness (QED) is 0.594. The van der Waals surface area contributed by atoms with Crippen LogP contribution in [0.5, 0.6) is 0 Å². The molecule has 1 aliphatic carbocycles. The van der Waals surface area contributed by atoms with E-state index in [1.807, 2.05) is 11.0 Å². The maximum absolute atomic E-state index is 12.4. The lowest BCUT2D eigenvalue weighted by molar-refractivity contribution is -0.137. The van der Waals surface area contributed by atoms with Crippen LogP contribution >= 0.6 is 0 Å². The number of amides is 2. The number of rotatable bonds is 7. The van der Waals surface area contributed by atoms with Crippen LogP contribution in [0.3, 0.4) is 0 Å². The molecule has 0 radical (unpaired) electrons. The Morgan fingerprint density at radius 3 is 2.48 bits per heavy atom. The van der Waals surface area contributed by atoms with Crippen molar-refractivity contribution in [3.63, 3.8) is 0 Å². The molecule has 2 aliphatic rings. The second-order valence-electron chi connectivity index (χ2n) is 7.53. The van der Waals surface area contributed by atoms with Gasteiger partial charge in [-0.25, -0.2) is 0 Å². The maximum Gasteiger partial charge on any atom is 0.232 e. The van der Waals surface area contributed by atoms with Gasteiger partial charge in [-0.05, 0) is 37.7 Å². The first-order valence-electron chi connectivity index (χ1n) is 10.2. The second-order valence-corrected chi connectivity index (χ2v) is 7.53. The summed E-state index contributed by atoms with van der Waals surface area (Å²) in [7, 11) is 0. The molecule has 1 aromatic carbocycles. The number of nitrogens with zero attached hydrogens (tertiary/aromatic N) is 2. The number of allylic oxidation sites excluding steroid dienone is 1. The van der Waals surface area contributed by atoms with Crippen molar-refractivity contribution < 1.29 is 9.59 Å². The van der Waals surface area contributed by atoms with Crippen molar-refractivity contribution in [2.24, 2.45) is 0 Å². The summed E-state index contributed by atoms with van der Waals surface area (Å²) in [5.74, 6) is -0.202. The SMILES string of the molecule is O=C(CC(=O)N1CCN(Cc2ccccc2)CC1)NCCC1=CCCCC1. The fraction of sp³-hybridized carbons (Fsp3) is 0.545. The van der Waals surface area contributed by atoms with Gasteiger partial charge < -0.3 is 10.2 Å². The fourth-order valence-corrected chi connectivity index (χ4v) is 3.80. The Morgan fingerprint density at radius 2 is 1.78 bits per heavy atom. The molecule has 0 atom stereocenters. The molecule has 0 unspecified atom stereocenters. The third-order valence-corrected chi connectivity index (χ3v) is 5.44. The van der Waals surface area contributed by atoms with Crippen molar-refractivity contribution in [1.82, 2.24) is 15.1 Å². The standard InChI is InChI=1S/C22H31N3O2/c26-21(23-12-11-19-7-3-1-4-8-19)17-22(27)25-15-13-24(14-16-25)18-20-9-5-2-6-10-20/h2,5-7,9-10H,1,3-4,8,11-18H2,(H,23,26). The van der Waals surface area contributed by atoms with Gasteiger partial charge in [-0.1, -0.05) is 42.0 Å². The van der Waals surface area contributed by atoms with Crippen molar-refractivity contribution in [1.29, 1.82) is 0 Å². The average molecular weight is 370 g/mol. The van der Waals surface area contributed by atoms with Gasteiger partial charge in [-0.15, -0.1) is 0 Å². The van der Waals surface area contributed by atoms with Gasteiger partial charge in [0.25, 0.3) is 0 Å². The first-order valence-corrected chi connectivity index (χ1v) is 10.2. The summed E-state index contributed by atoms with van der Waals surface area (Å²) in [5.41, 5.74) is 2.74. The molecule has 1 N–H and O–H groups in total. The van der Waals surface area contributed by atoms with Crippen molar-refractivity contribution in [2.45, 2.75) is 45.1 Å². The molecule has 0 saturated carbocycles. The molecule has 146 valence electrons. The minimum absolute atomic E-state index is 0.0300. The number of benzene rings is 1. The largest absolute Gasteiger partial charge is 0.355 e. The van der Waals surface area contributed by atoms with Gasteiger partial charge in [0.15, 0.2) is 0 Å². The highest BCUT2D eigenvalue weighted by Gasteiger charge is 2.22. The minimum Gasteiger partial charge on any atom is -0.355 e. The van der Waals surface area contributed by atoms with Gasteiger partial charge in [-0.3, -0.25) is 14.5 Å². The van der Waals surface area contributed by atoms with Gasteiger partial charge in [0.1, 0.15) is 6.42 Å². The summed E-state index contributed by atoms with van der Waals surface area (Å²) in [6.45, 7) is 4.67. The molecule has 1 aliphatic heterocycles. The number of hydrogen-bond acceptors (Lipinski definition) is 3. The highest BCUT2D eigenvalue weighted by molar-refractivity contribution is 5.96. The normalized spacial score (nSPS) is 18.1. The van der Waals surface area contributed by atoms with Crippen molar-refractivity contribution >= 4 is 11.8 Å². The van der Waals surface area contributed by atoms with Gasteiger partial charge in [0.2, 0.25) is 11.8 Å². The van der Waals surface area contributed by atoms with Gasteiger partial charge >= 0.3 is 0 Å². The van der Waals surface area contributed by atoms with E-state index in [-0.39, 0.29) is 18.2 Å². The topological polar surface area (TPSA) is 52.7 Å². The van der Waals surface area contributed by atoms with Crippen LogP contribution in [-0.2, 0) is 16.1 Å².